The summed E-state index contributed by atoms with van der Waals surface area (Å²) < 4.78 is 11.3. The Bertz CT molecular complexity index is 1000. The third-order valence-electron chi connectivity index (χ3n) is 5.09. The van der Waals surface area contributed by atoms with Crippen LogP contribution in [0.1, 0.15) is 23.6 Å². The lowest BCUT2D eigenvalue weighted by Crippen LogP contribution is -2.37. The van der Waals surface area contributed by atoms with Crippen molar-refractivity contribution in [2.45, 2.75) is 18.9 Å². The van der Waals surface area contributed by atoms with E-state index in [1.807, 2.05) is 30.5 Å². The molecular formula is C24H27Cl2N3O3S. The first-order valence-corrected chi connectivity index (χ1v) is 12.6. The number of carbonyl (C=O) groups excluding carboxylic acids is 1. The van der Waals surface area contributed by atoms with Gasteiger partial charge in [-0.25, -0.2) is 4.99 Å². The molecule has 33 heavy (non-hydrogen) atoms. The number of hydrogen-bond donors (Lipinski definition) is 1. The fraction of sp³-hybridized carbons (Fsp3) is 0.375. The minimum Gasteiger partial charge on any atom is -0.465 e. The third-order valence-corrected chi connectivity index (χ3v) is 6.40. The third kappa shape index (κ3) is 7.29. The number of ether oxygens (including phenoxy) is 2. The number of aryl methyl sites for hydroxylation is 1. The maximum absolute atomic E-state index is 13.3. The van der Waals surface area contributed by atoms with E-state index < -0.39 is 17.9 Å². The zero-order chi connectivity index (χ0) is 23.6. The number of aliphatic imine (C=N–C) groups is 2. The van der Waals surface area contributed by atoms with Crippen LogP contribution in [0, 0.1) is 5.92 Å². The molecule has 2 atom stereocenters. The molecule has 2 N–H and O–H groups in total. The van der Waals surface area contributed by atoms with Crippen molar-refractivity contribution in [1.29, 1.82) is 0 Å². The van der Waals surface area contributed by atoms with Gasteiger partial charge in [0.15, 0.2) is 5.17 Å². The first-order valence-electron chi connectivity index (χ1n) is 10.7. The van der Waals surface area contributed by atoms with Crippen LogP contribution in [-0.4, -0.2) is 49.5 Å². The Morgan fingerprint density at radius 2 is 1.91 bits per heavy atom. The molecule has 0 radical (unpaired) electrons. The molecule has 3 rings (SSSR count). The van der Waals surface area contributed by atoms with E-state index in [9.17, 15) is 4.79 Å². The SMILES string of the molecule is CSC1=NC(c2ccc(Cl)c(Cl)c2)C(C(=O)OCCCc2ccccc2)C(COCCN)=N1. The van der Waals surface area contributed by atoms with E-state index in [0.29, 0.717) is 40.7 Å². The molecule has 0 saturated carbocycles. The Morgan fingerprint density at radius 3 is 2.61 bits per heavy atom. The van der Waals surface area contributed by atoms with Crippen molar-refractivity contribution in [1.82, 2.24) is 0 Å². The normalized spacial score (nSPS) is 17.9. The van der Waals surface area contributed by atoms with Gasteiger partial charge in [-0.05, 0) is 42.4 Å². The van der Waals surface area contributed by atoms with Crippen molar-refractivity contribution in [2.75, 3.05) is 32.6 Å². The van der Waals surface area contributed by atoms with Gasteiger partial charge in [-0.3, -0.25) is 9.79 Å². The van der Waals surface area contributed by atoms with E-state index in [1.54, 1.807) is 12.1 Å². The molecule has 1 heterocycles. The molecular weight excluding hydrogens is 481 g/mol. The second-order valence-corrected chi connectivity index (χ2v) is 9.00. The van der Waals surface area contributed by atoms with Crippen LogP contribution < -0.4 is 5.73 Å². The minimum atomic E-state index is -0.729. The number of hydrogen-bond acceptors (Lipinski definition) is 7. The Hall–Kier alpha value is -1.90. The van der Waals surface area contributed by atoms with Crippen molar-refractivity contribution < 1.29 is 14.3 Å². The highest BCUT2D eigenvalue weighted by atomic mass is 35.5. The van der Waals surface area contributed by atoms with Crippen molar-refractivity contribution in [3.63, 3.8) is 0 Å². The average molecular weight is 508 g/mol. The Kier molecular flexibility index (Phi) is 10.2. The second-order valence-electron chi connectivity index (χ2n) is 7.41. The van der Waals surface area contributed by atoms with Crippen LogP contribution >= 0.6 is 35.0 Å². The summed E-state index contributed by atoms with van der Waals surface area (Å²) in [5.74, 6) is -1.12. The van der Waals surface area contributed by atoms with Gasteiger partial charge in [0.1, 0.15) is 5.92 Å². The molecule has 2 unspecified atom stereocenters. The van der Waals surface area contributed by atoms with Gasteiger partial charge >= 0.3 is 5.97 Å². The number of benzene rings is 2. The van der Waals surface area contributed by atoms with Crippen LogP contribution in [0.15, 0.2) is 58.5 Å². The smallest absolute Gasteiger partial charge is 0.317 e. The molecule has 9 heteroatoms. The largest absolute Gasteiger partial charge is 0.465 e. The molecule has 0 amide bonds. The predicted molar refractivity (Wildman–Crippen MR) is 137 cm³/mol. The van der Waals surface area contributed by atoms with Gasteiger partial charge < -0.3 is 15.2 Å². The maximum Gasteiger partial charge on any atom is 0.317 e. The summed E-state index contributed by atoms with van der Waals surface area (Å²) in [6, 6.07) is 14.8. The number of esters is 1. The average Bonchev–Trinajstić information content (AvgIpc) is 2.83. The van der Waals surface area contributed by atoms with E-state index in [2.05, 4.69) is 17.1 Å². The summed E-state index contributed by atoms with van der Waals surface area (Å²) in [7, 11) is 0. The summed E-state index contributed by atoms with van der Waals surface area (Å²) >= 11 is 13.8. The molecule has 2 aromatic rings. The number of halogens is 2. The molecule has 176 valence electrons. The molecule has 1 aliphatic rings. The Morgan fingerprint density at radius 1 is 1.12 bits per heavy atom. The number of thioether (sulfide) groups is 1. The van der Waals surface area contributed by atoms with E-state index in [4.69, 9.17) is 43.4 Å². The van der Waals surface area contributed by atoms with Gasteiger partial charge in [0.25, 0.3) is 0 Å². The molecule has 0 aromatic heterocycles. The molecule has 0 aliphatic carbocycles. The van der Waals surface area contributed by atoms with Crippen molar-refractivity contribution >= 4 is 51.8 Å². The van der Waals surface area contributed by atoms with Crippen LogP contribution in [0.25, 0.3) is 0 Å². The van der Waals surface area contributed by atoms with Gasteiger partial charge in [-0.2, -0.15) is 0 Å². The van der Waals surface area contributed by atoms with Crippen molar-refractivity contribution in [2.24, 2.45) is 21.6 Å². The lowest BCUT2D eigenvalue weighted by Gasteiger charge is -2.28. The van der Waals surface area contributed by atoms with Crippen molar-refractivity contribution in [3.05, 3.63) is 69.7 Å². The molecule has 0 fully saturated rings. The number of carbonyl (C=O) groups is 1. The minimum absolute atomic E-state index is 0.165. The van der Waals surface area contributed by atoms with E-state index in [1.165, 1.54) is 17.3 Å². The Labute approximate surface area is 208 Å². The zero-order valence-corrected chi connectivity index (χ0v) is 20.7. The van der Waals surface area contributed by atoms with Crippen LogP contribution in [0.4, 0.5) is 0 Å². The van der Waals surface area contributed by atoms with Crippen molar-refractivity contribution in [3.8, 4) is 0 Å². The fourth-order valence-electron chi connectivity index (χ4n) is 3.49. The quantitative estimate of drug-likeness (QED) is 0.362. The molecule has 6 nitrogen and oxygen atoms in total. The van der Waals surface area contributed by atoms with E-state index in [-0.39, 0.29) is 6.61 Å². The Balaban J connectivity index is 1.79. The molecule has 0 bridgehead atoms. The maximum atomic E-state index is 13.3. The zero-order valence-electron chi connectivity index (χ0n) is 18.4. The monoisotopic (exact) mass is 507 g/mol. The topological polar surface area (TPSA) is 86.3 Å². The fourth-order valence-corrected chi connectivity index (χ4v) is 4.22. The number of amidine groups is 1. The van der Waals surface area contributed by atoms with Crippen LogP contribution in [0.3, 0.4) is 0 Å². The van der Waals surface area contributed by atoms with Gasteiger partial charge in [0.2, 0.25) is 0 Å². The number of nitrogens with two attached hydrogens (primary N) is 1. The summed E-state index contributed by atoms with van der Waals surface area (Å²) in [6.07, 6.45) is 3.43. The summed E-state index contributed by atoms with van der Waals surface area (Å²) in [6.45, 7) is 1.20. The number of nitrogens with zero attached hydrogens (tertiary/aromatic N) is 2. The summed E-state index contributed by atoms with van der Waals surface area (Å²) in [5.41, 5.74) is 8.08. The van der Waals surface area contributed by atoms with Gasteiger partial charge in [0, 0.05) is 6.54 Å². The van der Waals surface area contributed by atoms with Gasteiger partial charge in [-0.15, -0.1) is 0 Å². The van der Waals surface area contributed by atoms with E-state index >= 15 is 0 Å². The second kappa shape index (κ2) is 13.1. The van der Waals surface area contributed by atoms with Gasteiger partial charge in [0.05, 0.1) is 41.6 Å². The first-order chi connectivity index (χ1) is 16.0. The molecule has 0 spiro atoms. The lowest BCUT2D eigenvalue weighted by atomic mass is 9.88. The first kappa shape index (κ1) is 25.7. The highest BCUT2D eigenvalue weighted by Crippen LogP contribution is 2.36. The van der Waals surface area contributed by atoms with Crippen LogP contribution in [0.5, 0.6) is 0 Å². The highest BCUT2D eigenvalue weighted by molar-refractivity contribution is 8.13. The molecule has 2 aromatic carbocycles. The van der Waals surface area contributed by atoms with Crippen LogP contribution in [-0.2, 0) is 20.7 Å². The van der Waals surface area contributed by atoms with E-state index in [0.717, 1.165) is 18.4 Å². The highest BCUT2D eigenvalue weighted by Gasteiger charge is 2.38. The molecule has 1 aliphatic heterocycles. The summed E-state index contributed by atoms with van der Waals surface area (Å²) in [4.78, 5) is 22.5. The summed E-state index contributed by atoms with van der Waals surface area (Å²) in [5, 5.41) is 1.39. The standard InChI is InChI=1S/C24H27Cl2N3O3S/c1-33-24-28-20(15-31-13-11-27)21(22(29-24)17-9-10-18(25)19(26)14-17)23(30)32-12-5-8-16-6-3-2-4-7-16/h2-4,6-7,9-10,14,21-22H,5,8,11-13,15,27H2,1H3. The predicted octanol–water partition coefficient (Wildman–Crippen LogP) is 4.98. The number of rotatable bonds is 10. The molecule has 0 saturated heterocycles. The van der Waals surface area contributed by atoms with Gasteiger partial charge in [-0.1, -0.05) is 71.4 Å². The lowest BCUT2D eigenvalue weighted by molar-refractivity contribution is -0.147. The van der Waals surface area contributed by atoms with Crippen LogP contribution in [0.2, 0.25) is 10.0 Å².